The van der Waals surface area contributed by atoms with Gasteiger partial charge in [0, 0.05) is 57.8 Å². The molecule has 0 radical (unpaired) electrons. The number of amides is 5. The number of imidazole rings is 1. The van der Waals surface area contributed by atoms with Crippen LogP contribution in [0.15, 0.2) is 79.0 Å². The van der Waals surface area contributed by atoms with E-state index in [1.165, 1.54) is 6.07 Å². The van der Waals surface area contributed by atoms with E-state index in [9.17, 15) is 28.4 Å². The van der Waals surface area contributed by atoms with Crippen molar-refractivity contribution in [2.45, 2.75) is 57.0 Å². The summed E-state index contributed by atoms with van der Waals surface area (Å²) in [6.45, 7) is 3.72. The Morgan fingerprint density at radius 1 is 0.847 bits per heavy atom. The fourth-order valence-electron chi connectivity index (χ4n) is 8.66. The summed E-state index contributed by atoms with van der Waals surface area (Å²) >= 11 is 0. The summed E-state index contributed by atoms with van der Waals surface area (Å²) in [5, 5.41) is 10.5. The lowest BCUT2D eigenvalue weighted by Gasteiger charge is -2.35. The molecule has 9 rings (SSSR count). The van der Waals surface area contributed by atoms with Crippen molar-refractivity contribution < 1.29 is 28.4 Å². The quantitative estimate of drug-likeness (QED) is 0.142. The number of hydrogen-bond acceptors (Lipinski definition) is 11. The number of piperidine rings is 1. The normalized spacial score (nSPS) is 19.5. The molecule has 0 spiro atoms. The van der Waals surface area contributed by atoms with Gasteiger partial charge >= 0.3 is 0 Å². The Labute approximate surface area is 339 Å². The zero-order valence-electron chi connectivity index (χ0n) is 32.3. The first kappa shape index (κ1) is 37.8. The lowest BCUT2D eigenvalue weighted by molar-refractivity contribution is -0.136. The molecule has 1 unspecified atom stereocenters. The van der Waals surface area contributed by atoms with E-state index in [0.29, 0.717) is 63.3 Å². The molecule has 4 aliphatic heterocycles. The number of pyridine rings is 1. The number of benzene rings is 2. The van der Waals surface area contributed by atoms with Gasteiger partial charge in [0.15, 0.2) is 5.65 Å². The molecule has 16 heteroatoms. The first-order valence-corrected chi connectivity index (χ1v) is 20.2. The van der Waals surface area contributed by atoms with E-state index in [-0.39, 0.29) is 41.7 Å². The standard InChI is InChI=1S/C43H43FN10O5/c44-28-8-3-7-27(25-28)32-12-6-20-52(32)37-17-16-35-46-26-34(54(35)49-37)30-10-5-13-36(47-30)50-21-23-51(24-22-50)39(56)14-1-2-19-45-31-11-4-9-29-40(31)43(59)53(42(29)58)33-15-18-38(55)48-41(33)57/h3-5,7-11,13,16-17,25-26,32-33,45H,1-2,6,12,14-15,18-24H2,(H,48,55,57)/t32-,33?/m1/s1. The number of piperazine rings is 1. The molecule has 3 fully saturated rings. The summed E-state index contributed by atoms with van der Waals surface area (Å²) in [5.74, 6) is -0.731. The van der Waals surface area contributed by atoms with Crippen molar-refractivity contribution in [3.63, 3.8) is 0 Å². The lowest BCUT2D eigenvalue weighted by Crippen LogP contribution is -2.54. The van der Waals surface area contributed by atoms with Gasteiger partial charge in [-0.2, -0.15) is 0 Å². The molecule has 302 valence electrons. The van der Waals surface area contributed by atoms with E-state index in [4.69, 9.17) is 10.1 Å². The molecule has 3 saturated heterocycles. The fourth-order valence-corrected chi connectivity index (χ4v) is 8.66. The van der Waals surface area contributed by atoms with Gasteiger partial charge in [-0.15, -0.1) is 5.10 Å². The highest BCUT2D eigenvalue weighted by Crippen LogP contribution is 2.36. The maximum absolute atomic E-state index is 14.1. The van der Waals surface area contributed by atoms with Crippen LogP contribution >= 0.6 is 0 Å². The number of fused-ring (bicyclic) bond motifs is 2. The van der Waals surface area contributed by atoms with Crippen LogP contribution in [0.3, 0.4) is 0 Å². The number of halogens is 1. The highest BCUT2D eigenvalue weighted by molar-refractivity contribution is 6.25. The molecule has 4 aliphatic rings. The van der Waals surface area contributed by atoms with Crippen molar-refractivity contribution in [2.24, 2.45) is 0 Å². The topological polar surface area (TPSA) is 165 Å². The molecule has 0 saturated carbocycles. The number of imide groups is 2. The Morgan fingerprint density at radius 2 is 1.68 bits per heavy atom. The molecule has 7 heterocycles. The minimum Gasteiger partial charge on any atom is -0.384 e. The van der Waals surface area contributed by atoms with E-state index in [2.05, 4.69) is 25.4 Å². The number of nitrogens with one attached hydrogen (secondary N) is 2. The first-order chi connectivity index (χ1) is 28.7. The zero-order valence-corrected chi connectivity index (χ0v) is 32.3. The van der Waals surface area contributed by atoms with Crippen molar-refractivity contribution in [1.82, 2.24) is 34.7 Å². The van der Waals surface area contributed by atoms with E-state index >= 15 is 0 Å². The summed E-state index contributed by atoms with van der Waals surface area (Å²) in [4.78, 5) is 80.6. The summed E-state index contributed by atoms with van der Waals surface area (Å²) in [6.07, 6.45) is 5.52. The second kappa shape index (κ2) is 15.9. The molecule has 2 N–H and O–H groups in total. The summed E-state index contributed by atoms with van der Waals surface area (Å²) in [5.41, 5.74) is 4.07. The number of aromatic nitrogens is 4. The summed E-state index contributed by atoms with van der Waals surface area (Å²) in [6, 6.07) is 20.6. The lowest BCUT2D eigenvalue weighted by atomic mass is 10.0. The smallest absolute Gasteiger partial charge is 0.264 e. The third-order valence-corrected chi connectivity index (χ3v) is 11.7. The van der Waals surface area contributed by atoms with Crippen LogP contribution in [0.1, 0.15) is 77.3 Å². The van der Waals surface area contributed by atoms with Gasteiger partial charge < -0.3 is 20.0 Å². The van der Waals surface area contributed by atoms with Gasteiger partial charge in [-0.05, 0) is 86.2 Å². The fraction of sp³-hybridized carbons (Fsp3) is 0.349. The Bertz CT molecular complexity index is 2480. The Morgan fingerprint density at radius 3 is 2.51 bits per heavy atom. The minimum absolute atomic E-state index is 0.0394. The predicted octanol–water partition coefficient (Wildman–Crippen LogP) is 4.60. The Balaban J connectivity index is 0.774. The largest absolute Gasteiger partial charge is 0.384 e. The van der Waals surface area contributed by atoms with Gasteiger partial charge in [-0.25, -0.2) is 18.9 Å². The molecule has 2 atom stereocenters. The number of unbranched alkanes of at least 4 members (excludes halogenated alkanes) is 1. The molecule has 5 aromatic rings. The molecule has 3 aromatic heterocycles. The summed E-state index contributed by atoms with van der Waals surface area (Å²) < 4.78 is 15.9. The average molecular weight is 799 g/mol. The average Bonchev–Trinajstić information content (AvgIpc) is 3.98. The van der Waals surface area contributed by atoms with Crippen LogP contribution < -0.4 is 20.4 Å². The van der Waals surface area contributed by atoms with Gasteiger partial charge in [0.05, 0.1) is 29.1 Å². The van der Waals surface area contributed by atoms with E-state index in [1.54, 1.807) is 36.5 Å². The third kappa shape index (κ3) is 7.34. The van der Waals surface area contributed by atoms with Crippen molar-refractivity contribution in [3.05, 3.63) is 102 Å². The number of carbonyl (C=O) groups is 5. The first-order valence-electron chi connectivity index (χ1n) is 20.2. The number of nitrogens with zero attached hydrogens (tertiary/aromatic N) is 8. The van der Waals surface area contributed by atoms with Crippen molar-refractivity contribution >= 4 is 52.5 Å². The second-order valence-corrected chi connectivity index (χ2v) is 15.3. The van der Waals surface area contributed by atoms with E-state index in [0.717, 1.165) is 52.9 Å². The molecule has 5 amide bonds. The molecule has 59 heavy (non-hydrogen) atoms. The molecule has 15 nitrogen and oxygen atoms in total. The van der Waals surface area contributed by atoms with Crippen molar-refractivity contribution in [1.29, 1.82) is 0 Å². The van der Waals surface area contributed by atoms with Crippen LogP contribution in [0.5, 0.6) is 0 Å². The van der Waals surface area contributed by atoms with Crippen LogP contribution in [0.4, 0.5) is 21.7 Å². The molecular formula is C43H43FN10O5. The molecule has 0 aliphatic carbocycles. The van der Waals surface area contributed by atoms with Gasteiger partial charge in [-0.3, -0.25) is 34.2 Å². The molecule has 2 aromatic carbocycles. The van der Waals surface area contributed by atoms with Gasteiger partial charge in [0.1, 0.15) is 29.2 Å². The van der Waals surface area contributed by atoms with E-state index in [1.807, 2.05) is 45.8 Å². The monoisotopic (exact) mass is 798 g/mol. The minimum atomic E-state index is -1.03. The molecule has 0 bridgehead atoms. The van der Waals surface area contributed by atoms with E-state index < -0.39 is 29.7 Å². The van der Waals surface area contributed by atoms with Gasteiger partial charge in [0.25, 0.3) is 11.8 Å². The number of anilines is 3. The Hall–Kier alpha value is -6.71. The van der Waals surface area contributed by atoms with Crippen LogP contribution in [0.25, 0.3) is 17.0 Å². The van der Waals surface area contributed by atoms with Crippen LogP contribution in [0.2, 0.25) is 0 Å². The van der Waals surface area contributed by atoms with Gasteiger partial charge in [-0.1, -0.05) is 24.3 Å². The van der Waals surface area contributed by atoms with Crippen LogP contribution in [-0.2, 0) is 14.4 Å². The number of rotatable bonds is 11. The third-order valence-electron chi connectivity index (χ3n) is 11.7. The maximum atomic E-state index is 14.1. The maximum Gasteiger partial charge on any atom is 0.264 e. The van der Waals surface area contributed by atoms with Crippen LogP contribution in [-0.4, -0.2) is 104 Å². The highest BCUT2D eigenvalue weighted by atomic mass is 19.1. The van der Waals surface area contributed by atoms with Crippen molar-refractivity contribution in [3.8, 4) is 11.4 Å². The molecular weight excluding hydrogens is 756 g/mol. The number of hydrogen-bond donors (Lipinski definition) is 2. The summed E-state index contributed by atoms with van der Waals surface area (Å²) in [7, 11) is 0. The zero-order chi connectivity index (χ0) is 40.6. The predicted molar refractivity (Wildman–Crippen MR) is 216 cm³/mol. The van der Waals surface area contributed by atoms with Crippen molar-refractivity contribution in [2.75, 3.05) is 54.4 Å². The highest BCUT2D eigenvalue weighted by Gasteiger charge is 2.45. The van der Waals surface area contributed by atoms with Gasteiger partial charge in [0.2, 0.25) is 17.7 Å². The Kier molecular flexibility index (Phi) is 10.2. The SMILES string of the molecule is O=C1CCC(N2C(=O)c3cccc(NCCCCC(=O)N4CCN(c5cccc(-c6cnc7ccc(N8CCC[C@@H]8c8cccc(F)c8)nn67)n5)CC4)c3C2=O)C(=O)N1. The number of carbonyl (C=O) groups excluding carboxylic acids is 5. The second-order valence-electron chi connectivity index (χ2n) is 15.3. The van der Waals surface area contributed by atoms with Crippen LogP contribution in [0, 0.1) is 5.82 Å².